The maximum Gasteiger partial charge on any atom is 0.270 e. The number of nitrogens with zero attached hydrogens (tertiary/aromatic N) is 1. The first-order chi connectivity index (χ1) is 13.0. The van der Waals surface area contributed by atoms with Gasteiger partial charge < -0.3 is 15.7 Å². The van der Waals surface area contributed by atoms with Crippen LogP contribution in [0.1, 0.15) is 39.9 Å². The number of para-hydroxylation sites is 1. The number of benzene rings is 2. The van der Waals surface area contributed by atoms with E-state index in [-0.39, 0.29) is 35.2 Å². The van der Waals surface area contributed by atoms with Crippen LogP contribution in [0.2, 0.25) is 0 Å². The molecule has 1 amide bonds. The van der Waals surface area contributed by atoms with Crippen molar-refractivity contribution in [3.8, 4) is 5.75 Å². The largest absolute Gasteiger partial charge is 0.508 e. The van der Waals surface area contributed by atoms with Gasteiger partial charge in [0.05, 0.1) is 22.2 Å². The third-order valence-electron chi connectivity index (χ3n) is 5.43. The third kappa shape index (κ3) is 2.71. The number of phenols is 1. The molecular weight excluding hydrogens is 346 g/mol. The van der Waals surface area contributed by atoms with Gasteiger partial charge in [-0.25, -0.2) is 0 Å². The molecule has 0 spiro atoms. The van der Waals surface area contributed by atoms with Gasteiger partial charge in [-0.3, -0.25) is 14.9 Å². The van der Waals surface area contributed by atoms with Gasteiger partial charge in [-0.1, -0.05) is 24.3 Å². The van der Waals surface area contributed by atoms with Crippen LogP contribution in [0.15, 0.2) is 48.6 Å². The number of anilines is 1. The molecule has 3 atom stereocenters. The number of carbonyl (C=O) groups is 1. The number of aromatic hydroxyl groups is 1. The lowest BCUT2D eigenvalue weighted by atomic mass is 9.76. The molecule has 2 aromatic rings. The summed E-state index contributed by atoms with van der Waals surface area (Å²) < 4.78 is 0. The van der Waals surface area contributed by atoms with Crippen molar-refractivity contribution >= 4 is 17.3 Å². The first-order valence-electron chi connectivity index (χ1n) is 8.76. The number of nitro benzene ring substituents is 1. The number of nitrogens with one attached hydrogen (secondary N) is 2. The van der Waals surface area contributed by atoms with E-state index in [0.29, 0.717) is 16.8 Å². The van der Waals surface area contributed by atoms with Gasteiger partial charge in [-0.05, 0) is 30.0 Å². The summed E-state index contributed by atoms with van der Waals surface area (Å²) >= 11 is 0. The van der Waals surface area contributed by atoms with Crippen LogP contribution in [0.25, 0.3) is 0 Å². The number of rotatable bonds is 3. The summed E-state index contributed by atoms with van der Waals surface area (Å²) in [6, 6.07) is 9.31. The molecule has 7 heteroatoms. The Balaban J connectivity index is 1.85. The zero-order valence-electron chi connectivity index (χ0n) is 14.7. The van der Waals surface area contributed by atoms with Gasteiger partial charge in [0.25, 0.3) is 11.6 Å². The first-order valence-corrected chi connectivity index (χ1v) is 8.76. The summed E-state index contributed by atoms with van der Waals surface area (Å²) in [7, 11) is 1.58. The SMILES string of the molecule is CNC(=O)c1cccc2c1NC(c1cc([N+](=O)[O-])ccc1O)C1CC=CC21. The van der Waals surface area contributed by atoms with Crippen molar-refractivity contribution in [3.05, 3.63) is 75.4 Å². The molecule has 138 valence electrons. The van der Waals surface area contributed by atoms with E-state index in [1.54, 1.807) is 13.1 Å². The van der Waals surface area contributed by atoms with Crippen LogP contribution < -0.4 is 10.6 Å². The van der Waals surface area contributed by atoms with Crippen molar-refractivity contribution in [3.63, 3.8) is 0 Å². The Bertz CT molecular complexity index is 970. The van der Waals surface area contributed by atoms with Crippen LogP contribution in [0, 0.1) is 16.0 Å². The van der Waals surface area contributed by atoms with Gasteiger partial charge in [-0.15, -0.1) is 0 Å². The molecule has 0 saturated heterocycles. The maximum absolute atomic E-state index is 12.3. The minimum absolute atomic E-state index is 0.00428. The smallest absolute Gasteiger partial charge is 0.270 e. The highest BCUT2D eigenvalue weighted by Gasteiger charge is 2.40. The van der Waals surface area contributed by atoms with Gasteiger partial charge in [0.2, 0.25) is 0 Å². The third-order valence-corrected chi connectivity index (χ3v) is 5.43. The second-order valence-corrected chi connectivity index (χ2v) is 6.82. The number of nitro groups is 1. The molecule has 2 aromatic carbocycles. The average molecular weight is 365 g/mol. The van der Waals surface area contributed by atoms with E-state index in [2.05, 4.69) is 22.8 Å². The van der Waals surface area contributed by atoms with E-state index in [9.17, 15) is 20.0 Å². The topological polar surface area (TPSA) is 104 Å². The Morgan fingerprint density at radius 1 is 1.30 bits per heavy atom. The lowest BCUT2D eigenvalue weighted by Gasteiger charge is -2.38. The van der Waals surface area contributed by atoms with Crippen LogP contribution >= 0.6 is 0 Å². The Labute approximate surface area is 155 Å². The van der Waals surface area contributed by atoms with E-state index in [0.717, 1.165) is 12.0 Å². The molecule has 0 fully saturated rings. The normalized spacial score (nSPS) is 22.5. The molecule has 1 aliphatic carbocycles. The van der Waals surface area contributed by atoms with Gasteiger partial charge in [0.15, 0.2) is 0 Å². The fourth-order valence-electron chi connectivity index (χ4n) is 4.16. The Morgan fingerprint density at radius 2 is 2.11 bits per heavy atom. The zero-order chi connectivity index (χ0) is 19.1. The van der Waals surface area contributed by atoms with E-state index in [1.165, 1.54) is 18.2 Å². The van der Waals surface area contributed by atoms with Gasteiger partial charge in [0.1, 0.15) is 5.75 Å². The lowest BCUT2D eigenvalue weighted by molar-refractivity contribution is -0.385. The second-order valence-electron chi connectivity index (χ2n) is 6.82. The molecule has 0 saturated carbocycles. The molecule has 3 unspecified atom stereocenters. The summed E-state index contributed by atoms with van der Waals surface area (Å²) in [5.41, 5.74) is 2.65. The molecule has 1 heterocycles. The molecule has 27 heavy (non-hydrogen) atoms. The van der Waals surface area contributed by atoms with Crippen LogP contribution in [0.3, 0.4) is 0 Å². The number of fused-ring (bicyclic) bond motifs is 3. The molecule has 7 nitrogen and oxygen atoms in total. The van der Waals surface area contributed by atoms with Crippen molar-refractivity contribution in [2.24, 2.45) is 5.92 Å². The van der Waals surface area contributed by atoms with Crippen LogP contribution in [-0.2, 0) is 0 Å². The molecule has 3 N–H and O–H groups in total. The lowest BCUT2D eigenvalue weighted by Crippen LogP contribution is -2.31. The molecular formula is C20H19N3O4. The average Bonchev–Trinajstić information content (AvgIpc) is 3.16. The molecule has 1 aliphatic heterocycles. The number of allylic oxidation sites excluding steroid dienone is 2. The Kier molecular flexibility index (Phi) is 4.07. The standard InChI is InChI=1S/C20H19N3O4/c1-21-20(25)15-7-3-6-13-12-4-2-5-14(12)19(22-18(13)15)16-10-11(23(26)27)8-9-17(16)24/h2-4,6-10,12,14,19,22,24H,5H2,1H3,(H,21,25). The highest BCUT2D eigenvalue weighted by Crippen LogP contribution is 2.52. The van der Waals surface area contributed by atoms with Crippen LogP contribution in [0.5, 0.6) is 5.75 Å². The summed E-state index contributed by atoms with van der Waals surface area (Å²) in [6.45, 7) is 0. The van der Waals surface area contributed by atoms with E-state index < -0.39 is 4.92 Å². The van der Waals surface area contributed by atoms with Crippen molar-refractivity contribution in [1.29, 1.82) is 0 Å². The molecule has 0 bridgehead atoms. The van der Waals surface area contributed by atoms with Crippen molar-refractivity contribution in [1.82, 2.24) is 5.32 Å². The van der Waals surface area contributed by atoms with E-state index in [1.807, 2.05) is 12.1 Å². The van der Waals surface area contributed by atoms with Crippen molar-refractivity contribution in [2.45, 2.75) is 18.4 Å². The maximum atomic E-state index is 12.3. The minimum Gasteiger partial charge on any atom is -0.508 e. The predicted octanol–water partition coefficient (Wildman–Crippen LogP) is 3.49. The van der Waals surface area contributed by atoms with Gasteiger partial charge >= 0.3 is 0 Å². The minimum atomic E-state index is -0.472. The first kappa shape index (κ1) is 17.1. The number of phenolic OH excluding ortho intramolecular Hbond substituents is 1. The predicted molar refractivity (Wildman–Crippen MR) is 101 cm³/mol. The Hall–Kier alpha value is -3.35. The monoisotopic (exact) mass is 365 g/mol. The van der Waals surface area contributed by atoms with E-state index in [4.69, 9.17) is 0 Å². The summed E-state index contributed by atoms with van der Waals surface area (Å²) in [6.07, 6.45) is 4.98. The molecule has 0 aromatic heterocycles. The zero-order valence-corrected chi connectivity index (χ0v) is 14.7. The van der Waals surface area contributed by atoms with Crippen LogP contribution in [0.4, 0.5) is 11.4 Å². The number of amides is 1. The van der Waals surface area contributed by atoms with Crippen molar-refractivity contribution < 1.29 is 14.8 Å². The Morgan fingerprint density at radius 3 is 2.85 bits per heavy atom. The highest BCUT2D eigenvalue weighted by molar-refractivity contribution is 6.00. The van der Waals surface area contributed by atoms with Gasteiger partial charge in [-0.2, -0.15) is 0 Å². The van der Waals surface area contributed by atoms with Crippen LogP contribution in [-0.4, -0.2) is 23.0 Å². The molecule has 0 radical (unpaired) electrons. The highest BCUT2D eigenvalue weighted by atomic mass is 16.6. The number of carbonyl (C=O) groups excluding carboxylic acids is 1. The second kappa shape index (κ2) is 6.42. The fourth-order valence-corrected chi connectivity index (χ4v) is 4.16. The summed E-state index contributed by atoms with van der Waals surface area (Å²) in [4.78, 5) is 23.0. The molecule has 4 rings (SSSR count). The number of non-ortho nitro benzene ring substituents is 1. The number of hydrogen-bond donors (Lipinski definition) is 3. The molecule has 2 aliphatic rings. The van der Waals surface area contributed by atoms with E-state index >= 15 is 0 Å². The fraction of sp³-hybridized carbons (Fsp3) is 0.250. The van der Waals surface area contributed by atoms with Gasteiger partial charge in [0, 0.05) is 30.7 Å². The summed E-state index contributed by atoms with van der Waals surface area (Å²) in [5.74, 6) is -0.0220. The summed E-state index contributed by atoms with van der Waals surface area (Å²) in [5, 5.41) is 27.6. The van der Waals surface area contributed by atoms with Crippen molar-refractivity contribution in [2.75, 3.05) is 12.4 Å². The quantitative estimate of drug-likeness (QED) is 0.439. The number of hydrogen-bond acceptors (Lipinski definition) is 5.